The van der Waals surface area contributed by atoms with Gasteiger partial charge < -0.3 is 5.32 Å². The maximum absolute atomic E-state index is 12.3. The number of rotatable bonds is 6. The van der Waals surface area contributed by atoms with Crippen LogP contribution in [0.1, 0.15) is 18.9 Å². The molecule has 0 radical (unpaired) electrons. The zero-order valence-electron chi connectivity index (χ0n) is 11.0. The van der Waals surface area contributed by atoms with E-state index < -0.39 is 10.0 Å². The van der Waals surface area contributed by atoms with E-state index in [0.717, 1.165) is 12.0 Å². The van der Waals surface area contributed by atoms with Crippen LogP contribution >= 0.6 is 11.3 Å². The monoisotopic (exact) mass is 288 g/mol. The fourth-order valence-corrected chi connectivity index (χ4v) is 4.67. The molecule has 1 saturated carbocycles. The summed E-state index contributed by atoms with van der Waals surface area (Å²) in [4.78, 5) is 0. The van der Waals surface area contributed by atoms with Gasteiger partial charge in [-0.2, -0.15) is 4.31 Å². The van der Waals surface area contributed by atoms with Crippen LogP contribution in [-0.4, -0.2) is 33.4 Å². The molecular weight excluding hydrogens is 268 g/mol. The van der Waals surface area contributed by atoms with Gasteiger partial charge in [-0.25, -0.2) is 8.42 Å². The number of sulfonamides is 1. The van der Waals surface area contributed by atoms with Crippen molar-refractivity contribution in [2.24, 2.45) is 11.8 Å². The lowest BCUT2D eigenvalue weighted by Crippen LogP contribution is -2.28. The van der Waals surface area contributed by atoms with Gasteiger partial charge in [-0.05, 0) is 42.3 Å². The van der Waals surface area contributed by atoms with Crippen LogP contribution in [0.15, 0.2) is 15.7 Å². The van der Waals surface area contributed by atoms with Gasteiger partial charge in [0, 0.05) is 20.1 Å². The van der Waals surface area contributed by atoms with E-state index in [-0.39, 0.29) is 0 Å². The summed E-state index contributed by atoms with van der Waals surface area (Å²) >= 11 is 1.30. The average molecular weight is 288 g/mol. The Bertz CT molecular complexity index is 510. The van der Waals surface area contributed by atoms with E-state index >= 15 is 0 Å². The van der Waals surface area contributed by atoms with Gasteiger partial charge in [0.15, 0.2) is 0 Å². The molecule has 2 unspecified atom stereocenters. The van der Waals surface area contributed by atoms with E-state index in [1.54, 1.807) is 13.1 Å². The Labute approximate surface area is 113 Å². The second kappa shape index (κ2) is 5.28. The minimum atomic E-state index is -3.29. The number of nitrogens with one attached hydrogen (secondary N) is 1. The van der Waals surface area contributed by atoms with E-state index in [2.05, 4.69) is 12.2 Å². The summed E-state index contributed by atoms with van der Waals surface area (Å²) < 4.78 is 26.6. The minimum absolute atomic E-state index is 0.448. The molecule has 1 heterocycles. The molecule has 2 atom stereocenters. The Morgan fingerprint density at radius 1 is 1.56 bits per heavy atom. The first kappa shape index (κ1) is 14.0. The number of hydrogen-bond donors (Lipinski definition) is 1. The van der Waals surface area contributed by atoms with Crippen molar-refractivity contribution in [3.05, 3.63) is 17.0 Å². The zero-order chi connectivity index (χ0) is 13.3. The van der Waals surface area contributed by atoms with E-state index in [1.165, 1.54) is 15.6 Å². The van der Waals surface area contributed by atoms with Crippen molar-refractivity contribution in [2.75, 3.05) is 20.6 Å². The van der Waals surface area contributed by atoms with Crippen LogP contribution in [0.25, 0.3) is 0 Å². The molecule has 102 valence electrons. The number of thiophene rings is 1. The molecule has 0 bridgehead atoms. The van der Waals surface area contributed by atoms with E-state index in [0.29, 0.717) is 29.1 Å². The van der Waals surface area contributed by atoms with Crippen LogP contribution in [0.2, 0.25) is 0 Å². The first-order valence-electron chi connectivity index (χ1n) is 6.13. The minimum Gasteiger partial charge on any atom is -0.316 e. The topological polar surface area (TPSA) is 49.4 Å². The normalized spacial score (nSPS) is 23.6. The molecule has 0 saturated heterocycles. The van der Waals surface area contributed by atoms with Crippen molar-refractivity contribution in [1.29, 1.82) is 0 Å². The Morgan fingerprint density at radius 3 is 2.78 bits per heavy atom. The molecule has 1 N–H and O–H groups in total. The second-order valence-corrected chi connectivity index (χ2v) is 8.25. The molecule has 1 fully saturated rings. The predicted octanol–water partition coefficient (Wildman–Crippen LogP) is 1.74. The lowest BCUT2D eigenvalue weighted by atomic mass is 10.3. The van der Waals surface area contributed by atoms with Crippen LogP contribution in [-0.2, 0) is 16.6 Å². The van der Waals surface area contributed by atoms with Crippen molar-refractivity contribution in [3.63, 3.8) is 0 Å². The zero-order valence-corrected chi connectivity index (χ0v) is 12.6. The largest absolute Gasteiger partial charge is 0.316 e. The molecule has 1 aromatic rings. The van der Waals surface area contributed by atoms with Gasteiger partial charge in [-0.1, -0.05) is 6.92 Å². The molecule has 0 aromatic carbocycles. The van der Waals surface area contributed by atoms with Crippen LogP contribution < -0.4 is 5.32 Å². The highest BCUT2D eigenvalue weighted by molar-refractivity contribution is 7.91. The molecule has 1 aliphatic carbocycles. The Balaban J connectivity index is 2.08. The van der Waals surface area contributed by atoms with Crippen LogP contribution in [0.5, 0.6) is 0 Å². The molecule has 0 aliphatic heterocycles. The molecule has 0 spiro atoms. The fraction of sp³-hybridized carbons (Fsp3) is 0.667. The third-order valence-corrected chi connectivity index (χ3v) is 6.73. The molecule has 1 aliphatic rings. The quantitative estimate of drug-likeness (QED) is 0.867. The van der Waals surface area contributed by atoms with Crippen molar-refractivity contribution >= 4 is 21.4 Å². The van der Waals surface area contributed by atoms with Gasteiger partial charge in [0.25, 0.3) is 10.0 Å². The molecule has 4 nitrogen and oxygen atoms in total. The third-order valence-electron chi connectivity index (χ3n) is 3.44. The molecule has 18 heavy (non-hydrogen) atoms. The number of hydrogen-bond acceptors (Lipinski definition) is 4. The number of nitrogens with zero attached hydrogens (tertiary/aromatic N) is 1. The van der Waals surface area contributed by atoms with Gasteiger partial charge in [0.2, 0.25) is 0 Å². The van der Waals surface area contributed by atoms with Crippen LogP contribution in [0.3, 0.4) is 0 Å². The summed E-state index contributed by atoms with van der Waals surface area (Å²) in [6.45, 7) is 3.51. The first-order valence-corrected chi connectivity index (χ1v) is 8.45. The second-order valence-electron chi connectivity index (χ2n) is 5.06. The first-order chi connectivity index (χ1) is 8.45. The summed E-state index contributed by atoms with van der Waals surface area (Å²) in [5, 5.41) is 4.92. The highest BCUT2D eigenvalue weighted by Crippen LogP contribution is 2.39. The van der Waals surface area contributed by atoms with E-state index in [1.807, 2.05) is 12.4 Å². The van der Waals surface area contributed by atoms with Crippen molar-refractivity contribution < 1.29 is 8.42 Å². The van der Waals surface area contributed by atoms with E-state index in [4.69, 9.17) is 0 Å². The fourth-order valence-electron chi connectivity index (χ4n) is 2.02. The highest BCUT2D eigenvalue weighted by atomic mass is 32.2. The van der Waals surface area contributed by atoms with Gasteiger partial charge in [0.05, 0.1) is 0 Å². The van der Waals surface area contributed by atoms with E-state index in [9.17, 15) is 8.42 Å². The summed E-state index contributed by atoms with van der Waals surface area (Å²) in [6, 6.07) is 1.77. The lowest BCUT2D eigenvalue weighted by molar-refractivity contribution is 0.446. The smallest absolute Gasteiger partial charge is 0.252 e. The summed E-state index contributed by atoms with van der Waals surface area (Å²) in [5.74, 6) is 1.22. The molecule has 6 heteroatoms. The van der Waals surface area contributed by atoms with Crippen molar-refractivity contribution in [1.82, 2.24) is 9.62 Å². The molecule has 0 amide bonds. The average Bonchev–Trinajstić information content (AvgIpc) is 2.80. The van der Waals surface area contributed by atoms with Gasteiger partial charge in [-0.3, -0.25) is 0 Å². The van der Waals surface area contributed by atoms with Crippen LogP contribution in [0, 0.1) is 11.8 Å². The van der Waals surface area contributed by atoms with Gasteiger partial charge in [0.1, 0.15) is 4.21 Å². The van der Waals surface area contributed by atoms with Gasteiger partial charge in [-0.15, -0.1) is 11.3 Å². The van der Waals surface area contributed by atoms with Crippen molar-refractivity contribution in [3.8, 4) is 0 Å². The maximum atomic E-state index is 12.3. The lowest BCUT2D eigenvalue weighted by Gasteiger charge is -2.15. The van der Waals surface area contributed by atoms with Crippen LogP contribution in [0.4, 0.5) is 0 Å². The third kappa shape index (κ3) is 2.93. The molecular formula is C12H20N2O2S2. The SMILES string of the molecule is CNCc1csc(S(=O)(=O)N(C)CC2CC2C)c1. The highest BCUT2D eigenvalue weighted by Gasteiger charge is 2.36. The predicted molar refractivity (Wildman–Crippen MR) is 74.2 cm³/mol. The summed E-state index contributed by atoms with van der Waals surface area (Å²) in [5.41, 5.74) is 1.02. The Hall–Kier alpha value is -0.430. The summed E-state index contributed by atoms with van der Waals surface area (Å²) in [7, 11) is 0.241. The Kier molecular flexibility index (Phi) is 4.11. The molecule has 2 rings (SSSR count). The summed E-state index contributed by atoms with van der Waals surface area (Å²) in [6.07, 6.45) is 1.15. The molecule has 1 aromatic heterocycles. The standard InChI is InChI=1S/C12H20N2O2S2/c1-9-4-11(9)7-14(3)18(15,16)12-5-10(6-13-2)8-17-12/h5,8-9,11,13H,4,6-7H2,1-3H3. The van der Waals surface area contributed by atoms with Crippen molar-refractivity contribution in [2.45, 2.75) is 24.1 Å². The van der Waals surface area contributed by atoms with Gasteiger partial charge >= 0.3 is 0 Å². The maximum Gasteiger partial charge on any atom is 0.252 e. The Morgan fingerprint density at radius 2 is 2.22 bits per heavy atom.